The van der Waals surface area contributed by atoms with Crippen molar-refractivity contribution in [3.63, 3.8) is 0 Å². The van der Waals surface area contributed by atoms with E-state index < -0.39 is 0 Å². The summed E-state index contributed by atoms with van der Waals surface area (Å²) in [6.07, 6.45) is 0.627. The van der Waals surface area contributed by atoms with Crippen LogP contribution in [-0.2, 0) is 24.3 Å². The largest absolute Gasteiger partial charge is 0.370 e. The Morgan fingerprint density at radius 2 is 1.77 bits per heavy atom. The SMILES string of the molecule is CC1(C)Cc2c(sc3c2c(=O)n(-c2ccc(Cl)cc2)c(=O)n3Cc2ccccc2)CO1. The van der Waals surface area contributed by atoms with Crippen molar-refractivity contribution in [3.8, 4) is 5.69 Å². The lowest BCUT2D eigenvalue weighted by atomic mass is 9.94. The second-order valence-corrected chi connectivity index (χ2v) is 9.90. The zero-order valence-corrected chi connectivity index (χ0v) is 18.8. The van der Waals surface area contributed by atoms with E-state index >= 15 is 0 Å². The van der Waals surface area contributed by atoms with Crippen molar-refractivity contribution in [2.45, 2.75) is 39.0 Å². The number of ether oxygens (including phenoxy) is 1. The average Bonchev–Trinajstić information content (AvgIpc) is 3.11. The minimum absolute atomic E-state index is 0.290. The number of hydrogen-bond donors (Lipinski definition) is 0. The quantitative estimate of drug-likeness (QED) is 0.450. The number of hydrogen-bond acceptors (Lipinski definition) is 4. The fraction of sp³-hybridized carbons (Fsp3) is 0.250. The lowest BCUT2D eigenvalue weighted by molar-refractivity contribution is -0.0379. The van der Waals surface area contributed by atoms with Gasteiger partial charge < -0.3 is 4.74 Å². The predicted molar refractivity (Wildman–Crippen MR) is 125 cm³/mol. The second kappa shape index (κ2) is 7.48. The summed E-state index contributed by atoms with van der Waals surface area (Å²) >= 11 is 7.52. The van der Waals surface area contributed by atoms with Gasteiger partial charge in [0.2, 0.25) is 0 Å². The van der Waals surface area contributed by atoms with E-state index in [-0.39, 0.29) is 16.9 Å². The number of benzene rings is 2. The highest BCUT2D eigenvalue weighted by Gasteiger charge is 2.32. The van der Waals surface area contributed by atoms with Gasteiger partial charge in [0.05, 0.1) is 29.8 Å². The van der Waals surface area contributed by atoms with E-state index in [9.17, 15) is 9.59 Å². The Labute approximate surface area is 188 Å². The van der Waals surface area contributed by atoms with Crippen molar-refractivity contribution in [2.24, 2.45) is 0 Å². The summed E-state index contributed by atoms with van der Waals surface area (Å²) in [4.78, 5) is 29.0. The molecule has 5 rings (SSSR count). The Kier molecular flexibility index (Phi) is 4.88. The molecular weight excluding hydrogens is 432 g/mol. The summed E-state index contributed by atoms with van der Waals surface area (Å²) in [5, 5.41) is 1.16. The molecule has 0 radical (unpaired) electrons. The molecule has 31 heavy (non-hydrogen) atoms. The van der Waals surface area contributed by atoms with Crippen LogP contribution in [0, 0.1) is 0 Å². The van der Waals surface area contributed by atoms with Crippen molar-refractivity contribution < 1.29 is 4.74 Å². The molecule has 0 saturated heterocycles. The molecule has 0 bridgehead atoms. The molecule has 0 unspecified atom stereocenters. The van der Waals surface area contributed by atoms with E-state index in [2.05, 4.69) is 0 Å². The standard InChI is InChI=1S/C24H21ClN2O3S/c1-24(2)12-18-19(14-30-24)31-22-20(18)21(28)27(17-10-8-16(25)9-11-17)23(29)26(22)13-15-6-4-3-5-7-15/h3-11H,12-14H2,1-2H3. The molecule has 158 valence electrons. The van der Waals surface area contributed by atoms with Crippen LogP contribution >= 0.6 is 22.9 Å². The predicted octanol–water partition coefficient (Wildman–Crippen LogP) is 4.77. The molecule has 0 spiro atoms. The Bertz CT molecular complexity index is 1400. The summed E-state index contributed by atoms with van der Waals surface area (Å²) in [6, 6.07) is 16.6. The molecule has 0 fully saturated rings. The maximum absolute atomic E-state index is 13.7. The number of nitrogens with zero attached hydrogens (tertiary/aromatic N) is 2. The molecule has 1 aliphatic rings. The molecular formula is C24H21ClN2O3S. The minimum Gasteiger partial charge on any atom is -0.370 e. The Morgan fingerprint density at radius 3 is 2.48 bits per heavy atom. The van der Waals surface area contributed by atoms with Crippen LogP contribution in [0.25, 0.3) is 15.9 Å². The molecule has 0 N–H and O–H groups in total. The molecule has 0 amide bonds. The lowest BCUT2D eigenvalue weighted by Gasteiger charge is -2.29. The maximum atomic E-state index is 13.7. The van der Waals surface area contributed by atoms with Gasteiger partial charge >= 0.3 is 5.69 Å². The van der Waals surface area contributed by atoms with E-state index in [1.165, 1.54) is 15.9 Å². The first-order valence-electron chi connectivity index (χ1n) is 10.1. The maximum Gasteiger partial charge on any atom is 0.337 e. The monoisotopic (exact) mass is 452 g/mol. The number of halogens is 1. The molecule has 2 aromatic carbocycles. The Hall–Kier alpha value is -2.67. The zero-order valence-electron chi connectivity index (χ0n) is 17.2. The normalized spacial score (nSPS) is 15.2. The van der Waals surface area contributed by atoms with Crippen LogP contribution in [0.3, 0.4) is 0 Å². The molecule has 0 aliphatic carbocycles. The van der Waals surface area contributed by atoms with Gasteiger partial charge in [-0.1, -0.05) is 41.9 Å². The van der Waals surface area contributed by atoms with Crippen LogP contribution in [0.5, 0.6) is 0 Å². The van der Waals surface area contributed by atoms with Crippen molar-refractivity contribution in [3.05, 3.63) is 96.5 Å². The van der Waals surface area contributed by atoms with Gasteiger partial charge in [0, 0.05) is 16.3 Å². The van der Waals surface area contributed by atoms with Crippen LogP contribution in [0.1, 0.15) is 29.9 Å². The third-order valence-corrected chi connectivity index (χ3v) is 7.10. The third kappa shape index (κ3) is 3.55. The average molecular weight is 453 g/mol. The fourth-order valence-electron chi connectivity index (χ4n) is 4.08. The van der Waals surface area contributed by atoms with Crippen molar-refractivity contribution in [1.29, 1.82) is 0 Å². The molecule has 5 nitrogen and oxygen atoms in total. The summed E-state index contributed by atoms with van der Waals surface area (Å²) < 4.78 is 8.94. The van der Waals surface area contributed by atoms with Gasteiger partial charge in [-0.25, -0.2) is 9.36 Å². The topological polar surface area (TPSA) is 53.2 Å². The zero-order chi connectivity index (χ0) is 21.8. The number of thiophene rings is 1. The van der Waals surface area contributed by atoms with Crippen LogP contribution in [0.2, 0.25) is 5.02 Å². The van der Waals surface area contributed by atoms with Crippen LogP contribution in [0.15, 0.2) is 64.2 Å². The highest BCUT2D eigenvalue weighted by Crippen LogP contribution is 2.37. The third-order valence-electron chi connectivity index (χ3n) is 5.62. The Balaban J connectivity index is 1.84. The summed E-state index contributed by atoms with van der Waals surface area (Å²) in [7, 11) is 0. The van der Waals surface area contributed by atoms with E-state index in [0.29, 0.717) is 40.5 Å². The van der Waals surface area contributed by atoms with E-state index in [4.69, 9.17) is 16.3 Å². The highest BCUT2D eigenvalue weighted by atomic mass is 35.5. The summed E-state index contributed by atoms with van der Waals surface area (Å²) in [6.45, 7) is 4.88. The molecule has 1 aliphatic heterocycles. The van der Waals surface area contributed by atoms with Crippen molar-refractivity contribution in [2.75, 3.05) is 0 Å². The lowest BCUT2D eigenvalue weighted by Crippen LogP contribution is -2.39. The van der Waals surface area contributed by atoms with Crippen molar-refractivity contribution >= 4 is 33.2 Å². The highest BCUT2D eigenvalue weighted by molar-refractivity contribution is 7.18. The smallest absolute Gasteiger partial charge is 0.337 e. The molecule has 0 saturated carbocycles. The van der Waals surface area contributed by atoms with Crippen LogP contribution in [-0.4, -0.2) is 14.7 Å². The first kappa shape index (κ1) is 20.2. The molecule has 4 aromatic rings. The summed E-state index contributed by atoms with van der Waals surface area (Å²) in [5.74, 6) is 0. The van der Waals surface area contributed by atoms with Gasteiger partial charge in [0.15, 0.2) is 0 Å². The molecule has 0 atom stereocenters. The number of fused-ring (bicyclic) bond motifs is 3. The summed E-state index contributed by atoms with van der Waals surface area (Å²) in [5.41, 5.74) is 1.48. The first-order valence-corrected chi connectivity index (χ1v) is 11.3. The molecule has 3 heterocycles. The van der Waals surface area contributed by atoms with Gasteiger partial charge in [-0.15, -0.1) is 11.3 Å². The van der Waals surface area contributed by atoms with Gasteiger partial charge in [0.25, 0.3) is 5.56 Å². The van der Waals surface area contributed by atoms with Gasteiger partial charge in [-0.05, 0) is 49.2 Å². The van der Waals surface area contributed by atoms with E-state index in [1.54, 1.807) is 28.8 Å². The van der Waals surface area contributed by atoms with Crippen LogP contribution in [0.4, 0.5) is 0 Å². The van der Waals surface area contributed by atoms with E-state index in [1.807, 2.05) is 44.2 Å². The number of aromatic nitrogens is 2. The van der Waals surface area contributed by atoms with Crippen molar-refractivity contribution in [1.82, 2.24) is 9.13 Å². The molecule has 7 heteroatoms. The fourth-order valence-corrected chi connectivity index (χ4v) is 5.42. The second-order valence-electron chi connectivity index (χ2n) is 8.38. The van der Waals surface area contributed by atoms with E-state index in [0.717, 1.165) is 16.0 Å². The first-order chi connectivity index (χ1) is 14.8. The van der Waals surface area contributed by atoms with Gasteiger partial charge in [-0.2, -0.15) is 0 Å². The number of rotatable bonds is 3. The Morgan fingerprint density at radius 1 is 1.06 bits per heavy atom. The van der Waals surface area contributed by atoms with Gasteiger partial charge in [0.1, 0.15) is 4.83 Å². The van der Waals surface area contributed by atoms with Crippen LogP contribution < -0.4 is 11.2 Å². The van der Waals surface area contributed by atoms with Gasteiger partial charge in [-0.3, -0.25) is 9.36 Å². The molecule has 2 aromatic heterocycles. The minimum atomic E-state index is -0.362.